The number of rotatable bonds is 3. The first-order chi connectivity index (χ1) is 12.1. The van der Waals surface area contributed by atoms with Crippen molar-refractivity contribution >= 4 is 18.1 Å². The Balaban J connectivity index is 1.92. The number of benzene rings is 2. The third kappa shape index (κ3) is 3.33. The number of aryl methyl sites for hydroxylation is 1. The second-order valence-electron chi connectivity index (χ2n) is 8.65. The molecule has 136 valence electrons. The van der Waals surface area contributed by atoms with E-state index in [1.807, 2.05) is 12.1 Å². The van der Waals surface area contributed by atoms with Crippen molar-refractivity contribution in [2.75, 3.05) is 7.11 Å². The van der Waals surface area contributed by atoms with Gasteiger partial charge in [-0.1, -0.05) is 64.1 Å². The highest BCUT2D eigenvalue weighted by atomic mass is 16.5. The van der Waals surface area contributed by atoms with Crippen molar-refractivity contribution in [3.63, 3.8) is 0 Å². The molecule has 0 aromatic heterocycles. The molecule has 0 aliphatic heterocycles. The largest absolute Gasteiger partial charge is 0.465 e. The number of methoxy groups -OCH3 is 1. The molecule has 0 amide bonds. The highest BCUT2D eigenvalue weighted by molar-refractivity contribution is 5.89. The number of fused-ring (bicyclic) bond motifs is 1. The summed E-state index contributed by atoms with van der Waals surface area (Å²) in [5, 5.41) is 0. The van der Waals surface area contributed by atoms with Gasteiger partial charge in [-0.25, -0.2) is 4.79 Å². The maximum Gasteiger partial charge on any atom is 0.337 e. The van der Waals surface area contributed by atoms with E-state index in [4.69, 9.17) is 4.74 Å². The first-order valence-corrected chi connectivity index (χ1v) is 9.16. The molecule has 0 N–H and O–H groups in total. The molecule has 1 aliphatic rings. The van der Waals surface area contributed by atoms with Crippen molar-refractivity contribution in [1.82, 2.24) is 0 Å². The lowest BCUT2D eigenvalue weighted by molar-refractivity contribution is 0.0600. The standard InChI is InChI=1S/C24H28O2/c1-16-13-20-21(24(4,5)15-23(20,2)3)14-19(16)12-9-17-7-10-18(11-8-17)22(25)26-6/h7-14H,15H2,1-6H3. The minimum atomic E-state index is -0.306. The van der Waals surface area contributed by atoms with E-state index >= 15 is 0 Å². The Bertz CT molecular complexity index is 868. The zero-order valence-corrected chi connectivity index (χ0v) is 16.6. The molecule has 2 aromatic carbocycles. The zero-order chi connectivity index (χ0) is 19.1. The first-order valence-electron chi connectivity index (χ1n) is 9.16. The number of esters is 1. The Hall–Kier alpha value is -2.35. The van der Waals surface area contributed by atoms with Gasteiger partial charge < -0.3 is 4.74 Å². The van der Waals surface area contributed by atoms with E-state index in [1.165, 1.54) is 35.8 Å². The molecule has 1 aliphatic carbocycles. The van der Waals surface area contributed by atoms with Crippen LogP contribution in [0.3, 0.4) is 0 Å². The monoisotopic (exact) mass is 348 g/mol. The van der Waals surface area contributed by atoms with Crippen LogP contribution in [-0.4, -0.2) is 13.1 Å². The third-order valence-corrected chi connectivity index (χ3v) is 5.54. The van der Waals surface area contributed by atoms with Crippen molar-refractivity contribution in [3.8, 4) is 0 Å². The molecule has 3 rings (SSSR count). The third-order valence-electron chi connectivity index (χ3n) is 5.54. The van der Waals surface area contributed by atoms with Crippen molar-refractivity contribution in [2.45, 2.75) is 51.9 Å². The predicted molar refractivity (Wildman–Crippen MR) is 109 cm³/mol. The van der Waals surface area contributed by atoms with Gasteiger partial charge in [0.15, 0.2) is 0 Å². The minimum absolute atomic E-state index is 0.206. The Labute approximate surface area is 156 Å². The van der Waals surface area contributed by atoms with E-state index < -0.39 is 0 Å². The molecule has 2 heteroatoms. The number of carbonyl (C=O) groups excluding carboxylic acids is 1. The van der Waals surface area contributed by atoms with Crippen LogP contribution < -0.4 is 0 Å². The molecule has 0 bridgehead atoms. The van der Waals surface area contributed by atoms with Gasteiger partial charge in [0.2, 0.25) is 0 Å². The minimum Gasteiger partial charge on any atom is -0.465 e. The van der Waals surface area contributed by atoms with Crippen molar-refractivity contribution in [2.24, 2.45) is 0 Å². The Morgan fingerprint density at radius 2 is 1.54 bits per heavy atom. The van der Waals surface area contributed by atoms with E-state index in [2.05, 4.69) is 58.9 Å². The molecule has 2 aromatic rings. The van der Waals surface area contributed by atoms with Crippen LogP contribution >= 0.6 is 0 Å². The van der Waals surface area contributed by atoms with E-state index in [-0.39, 0.29) is 16.8 Å². The Kier molecular flexibility index (Phi) is 4.56. The first kappa shape index (κ1) is 18.4. The summed E-state index contributed by atoms with van der Waals surface area (Å²) in [6.07, 6.45) is 5.45. The molecule has 0 heterocycles. The highest BCUT2D eigenvalue weighted by Gasteiger charge is 2.41. The van der Waals surface area contributed by atoms with Gasteiger partial charge in [0, 0.05) is 0 Å². The van der Waals surface area contributed by atoms with E-state index in [0.717, 1.165) is 5.56 Å². The van der Waals surface area contributed by atoms with Crippen LogP contribution in [0.15, 0.2) is 36.4 Å². The SMILES string of the molecule is COC(=O)c1ccc(C=Cc2cc3c(cc2C)C(C)(C)CC3(C)C)cc1. The van der Waals surface area contributed by atoms with Crippen molar-refractivity contribution in [1.29, 1.82) is 0 Å². The predicted octanol–water partition coefficient (Wildman–Crippen LogP) is 5.91. The number of hydrogen-bond acceptors (Lipinski definition) is 2. The lowest BCUT2D eigenvalue weighted by atomic mass is 9.82. The van der Waals surface area contributed by atoms with Crippen LogP contribution in [0.4, 0.5) is 0 Å². The highest BCUT2D eigenvalue weighted by Crippen LogP contribution is 2.50. The topological polar surface area (TPSA) is 26.3 Å². The van der Waals surface area contributed by atoms with Crippen molar-refractivity contribution < 1.29 is 9.53 Å². The fourth-order valence-electron chi connectivity index (χ4n) is 4.35. The summed E-state index contributed by atoms with van der Waals surface area (Å²) in [6, 6.07) is 12.2. The van der Waals surface area contributed by atoms with Gasteiger partial charge in [-0.05, 0) is 64.1 Å². The number of ether oxygens (including phenoxy) is 1. The normalized spacial score (nSPS) is 17.3. The summed E-state index contributed by atoms with van der Waals surface area (Å²) < 4.78 is 4.74. The summed E-state index contributed by atoms with van der Waals surface area (Å²) in [4.78, 5) is 11.5. The summed E-state index contributed by atoms with van der Waals surface area (Å²) in [6.45, 7) is 11.6. The smallest absolute Gasteiger partial charge is 0.337 e. The molecule has 26 heavy (non-hydrogen) atoms. The lowest BCUT2D eigenvalue weighted by Gasteiger charge is -2.22. The van der Waals surface area contributed by atoms with Crippen LogP contribution in [0.1, 0.15) is 72.3 Å². The molecule has 0 atom stereocenters. The molecule has 0 radical (unpaired) electrons. The molecule has 0 fully saturated rings. The Morgan fingerprint density at radius 3 is 2.12 bits per heavy atom. The maximum atomic E-state index is 11.5. The zero-order valence-electron chi connectivity index (χ0n) is 16.6. The number of carbonyl (C=O) groups is 1. The number of hydrogen-bond donors (Lipinski definition) is 0. The van der Waals surface area contributed by atoms with Gasteiger partial charge in [0.1, 0.15) is 0 Å². The average molecular weight is 348 g/mol. The van der Waals surface area contributed by atoms with Gasteiger partial charge in [0.25, 0.3) is 0 Å². The second kappa shape index (κ2) is 6.42. The van der Waals surface area contributed by atoms with E-state index in [1.54, 1.807) is 12.1 Å². The molecule has 0 spiro atoms. The molecule has 2 nitrogen and oxygen atoms in total. The molecule has 0 saturated carbocycles. The second-order valence-corrected chi connectivity index (χ2v) is 8.65. The van der Waals surface area contributed by atoms with Crippen LogP contribution in [0.2, 0.25) is 0 Å². The van der Waals surface area contributed by atoms with Gasteiger partial charge in [-0.3, -0.25) is 0 Å². The fraction of sp³-hybridized carbons (Fsp3) is 0.375. The molecule has 0 unspecified atom stereocenters. The van der Waals surface area contributed by atoms with Gasteiger partial charge in [-0.15, -0.1) is 0 Å². The quantitative estimate of drug-likeness (QED) is 0.509. The molecular weight excluding hydrogens is 320 g/mol. The van der Waals surface area contributed by atoms with Crippen LogP contribution in [-0.2, 0) is 15.6 Å². The van der Waals surface area contributed by atoms with Crippen LogP contribution in [0.5, 0.6) is 0 Å². The van der Waals surface area contributed by atoms with E-state index in [9.17, 15) is 4.79 Å². The van der Waals surface area contributed by atoms with E-state index in [0.29, 0.717) is 5.56 Å². The lowest BCUT2D eigenvalue weighted by Crippen LogP contribution is -2.17. The van der Waals surface area contributed by atoms with Crippen molar-refractivity contribution in [3.05, 3.63) is 69.8 Å². The maximum absolute atomic E-state index is 11.5. The van der Waals surface area contributed by atoms with Crippen LogP contribution in [0.25, 0.3) is 12.2 Å². The van der Waals surface area contributed by atoms with Gasteiger partial charge >= 0.3 is 5.97 Å². The molecular formula is C24H28O2. The average Bonchev–Trinajstić information content (AvgIpc) is 2.76. The summed E-state index contributed by atoms with van der Waals surface area (Å²) in [7, 11) is 1.40. The summed E-state index contributed by atoms with van der Waals surface area (Å²) in [5.74, 6) is -0.306. The fourth-order valence-corrected chi connectivity index (χ4v) is 4.35. The summed E-state index contributed by atoms with van der Waals surface area (Å²) in [5.41, 5.74) is 7.59. The summed E-state index contributed by atoms with van der Waals surface area (Å²) >= 11 is 0. The van der Waals surface area contributed by atoms with Crippen LogP contribution in [0, 0.1) is 6.92 Å². The van der Waals surface area contributed by atoms with Gasteiger partial charge in [-0.2, -0.15) is 0 Å². The molecule has 0 saturated heterocycles. The van der Waals surface area contributed by atoms with Gasteiger partial charge in [0.05, 0.1) is 12.7 Å². The Morgan fingerprint density at radius 1 is 0.962 bits per heavy atom.